The van der Waals surface area contributed by atoms with Crippen LogP contribution in [0.15, 0.2) is 54.6 Å². The van der Waals surface area contributed by atoms with Crippen molar-refractivity contribution in [3.63, 3.8) is 0 Å². The van der Waals surface area contributed by atoms with Crippen molar-refractivity contribution >= 4 is 11.6 Å². The van der Waals surface area contributed by atoms with Crippen LogP contribution in [0, 0.1) is 0 Å². The van der Waals surface area contributed by atoms with E-state index in [0.29, 0.717) is 6.61 Å². The van der Waals surface area contributed by atoms with Gasteiger partial charge in [-0.2, -0.15) is 0 Å². The summed E-state index contributed by atoms with van der Waals surface area (Å²) in [5, 5.41) is 11.0. The van der Waals surface area contributed by atoms with Crippen molar-refractivity contribution in [1.29, 1.82) is 0 Å². The molecule has 1 saturated heterocycles. The lowest BCUT2D eigenvalue weighted by Crippen LogP contribution is -3.28. The maximum Gasteiger partial charge on any atom is 0.137 e. The summed E-state index contributed by atoms with van der Waals surface area (Å²) < 4.78 is 5.64. The number of quaternary nitrogens is 2. The third-order valence-electron chi connectivity index (χ3n) is 4.74. The summed E-state index contributed by atoms with van der Waals surface area (Å²) in [5.74, 6) is 0.814. The lowest BCUT2D eigenvalue weighted by Gasteiger charge is -2.30. The highest BCUT2D eigenvalue weighted by atomic mass is 35.5. The SMILES string of the molecule is O[C@@H](COc1ccccc1)C[NH+]1CC[NH+](Cc2ccc(Cl)cc2)CC1. The fourth-order valence-electron chi connectivity index (χ4n) is 3.33. The number of hydrogen-bond donors (Lipinski definition) is 3. The van der Waals surface area contributed by atoms with Gasteiger partial charge in [0.15, 0.2) is 0 Å². The van der Waals surface area contributed by atoms with Gasteiger partial charge in [-0.1, -0.05) is 41.9 Å². The second-order valence-electron chi connectivity index (χ2n) is 6.79. The van der Waals surface area contributed by atoms with E-state index in [1.807, 2.05) is 42.5 Å². The molecule has 1 aliphatic heterocycles. The molecule has 134 valence electrons. The molecule has 0 radical (unpaired) electrons. The number of hydrogen-bond acceptors (Lipinski definition) is 2. The van der Waals surface area contributed by atoms with Crippen molar-refractivity contribution in [2.75, 3.05) is 39.3 Å². The Morgan fingerprint density at radius 3 is 2.24 bits per heavy atom. The second-order valence-corrected chi connectivity index (χ2v) is 7.22. The summed E-state index contributed by atoms with van der Waals surface area (Å²) in [4.78, 5) is 3.06. The molecule has 0 aromatic heterocycles. The van der Waals surface area contributed by atoms with Gasteiger partial charge in [0.25, 0.3) is 0 Å². The Morgan fingerprint density at radius 1 is 0.920 bits per heavy atom. The van der Waals surface area contributed by atoms with E-state index in [2.05, 4.69) is 12.1 Å². The molecule has 0 spiro atoms. The minimum atomic E-state index is -0.423. The Balaban J connectivity index is 1.36. The lowest BCUT2D eigenvalue weighted by molar-refractivity contribution is -1.02. The number of aliphatic hydroxyl groups is 1. The molecule has 3 N–H and O–H groups in total. The van der Waals surface area contributed by atoms with Gasteiger partial charge in [0, 0.05) is 10.6 Å². The molecule has 2 aromatic rings. The maximum atomic E-state index is 10.2. The standard InChI is InChI=1S/C20H25ClN2O2/c21-18-8-6-17(7-9-18)14-22-10-12-23(13-11-22)15-19(24)16-25-20-4-2-1-3-5-20/h1-9,19,24H,10-16H2/p+2/t19-/m1/s1. The maximum absolute atomic E-state index is 10.2. The van der Waals surface area contributed by atoms with Crippen LogP contribution in [0.3, 0.4) is 0 Å². The van der Waals surface area contributed by atoms with Crippen molar-refractivity contribution in [2.45, 2.75) is 12.6 Å². The van der Waals surface area contributed by atoms with Crippen molar-refractivity contribution in [3.05, 3.63) is 65.2 Å². The molecule has 1 atom stereocenters. The predicted octanol–water partition coefficient (Wildman–Crippen LogP) is 0.0633. The van der Waals surface area contributed by atoms with Crippen LogP contribution in [0.2, 0.25) is 5.02 Å². The van der Waals surface area contributed by atoms with Crippen molar-refractivity contribution in [3.8, 4) is 5.75 Å². The molecule has 0 amide bonds. The number of aliphatic hydroxyl groups excluding tert-OH is 1. The Bertz CT molecular complexity index is 628. The van der Waals surface area contributed by atoms with E-state index in [1.54, 1.807) is 4.90 Å². The van der Waals surface area contributed by atoms with E-state index in [4.69, 9.17) is 16.3 Å². The van der Waals surface area contributed by atoms with Crippen LogP contribution < -0.4 is 14.5 Å². The average Bonchev–Trinajstić information content (AvgIpc) is 2.64. The number of ether oxygens (including phenoxy) is 1. The summed E-state index contributed by atoms with van der Waals surface area (Å²) in [6, 6.07) is 17.8. The van der Waals surface area contributed by atoms with Gasteiger partial charge in [-0.25, -0.2) is 0 Å². The van der Waals surface area contributed by atoms with Gasteiger partial charge < -0.3 is 19.6 Å². The van der Waals surface area contributed by atoms with Gasteiger partial charge in [0.1, 0.15) is 57.7 Å². The van der Waals surface area contributed by atoms with E-state index in [9.17, 15) is 5.11 Å². The molecule has 0 bridgehead atoms. The Labute approximate surface area is 154 Å². The third kappa shape index (κ3) is 6.01. The van der Waals surface area contributed by atoms with Crippen LogP contribution in [0.5, 0.6) is 5.75 Å². The average molecular weight is 363 g/mol. The summed E-state index contributed by atoms with van der Waals surface area (Å²) in [7, 11) is 0. The Kier molecular flexibility index (Phi) is 6.70. The molecular weight excluding hydrogens is 336 g/mol. The van der Waals surface area contributed by atoms with E-state index >= 15 is 0 Å². The Morgan fingerprint density at radius 2 is 1.56 bits per heavy atom. The highest BCUT2D eigenvalue weighted by molar-refractivity contribution is 6.30. The van der Waals surface area contributed by atoms with Crippen molar-refractivity contribution in [1.82, 2.24) is 0 Å². The van der Waals surface area contributed by atoms with Crippen molar-refractivity contribution in [2.24, 2.45) is 0 Å². The third-order valence-corrected chi connectivity index (χ3v) is 4.99. The zero-order valence-corrected chi connectivity index (χ0v) is 15.2. The minimum Gasteiger partial charge on any atom is -0.491 e. The first-order chi connectivity index (χ1) is 12.2. The van der Waals surface area contributed by atoms with E-state index in [0.717, 1.165) is 50.0 Å². The van der Waals surface area contributed by atoms with Crippen LogP contribution >= 0.6 is 11.6 Å². The van der Waals surface area contributed by atoms with Crippen LogP contribution in [-0.2, 0) is 6.54 Å². The smallest absolute Gasteiger partial charge is 0.137 e. The number of benzene rings is 2. The first kappa shape index (κ1) is 18.2. The molecule has 2 aromatic carbocycles. The zero-order valence-electron chi connectivity index (χ0n) is 14.5. The number of piperazine rings is 1. The van der Waals surface area contributed by atoms with Gasteiger partial charge in [-0.05, 0) is 24.3 Å². The lowest BCUT2D eigenvalue weighted by atomic mass is 10.2. The molecule has 4 nitrogen and oxygen atoms in total. The normalized spacial score (nSPS) is 21.7. The highest BCUT2D eigenvalue weighted by Crippen LogP contribution is 2.09. The molecular formula is C20H27ClN2O2+2. The van der Waals surface area contributed by atoms with Gasteiger partial charge >= 0.3 is 0 Å². The zero-order chi connectivity index (χ0) is 17.5. The fourth-order valence-corrected chi connectivity index (χ4v) is 3.46. The number of rotatable bonds is 7. The van der Waals surface area contributed by atoms with Crippen LogP contribution in [0.25, 0.3) is 0 Å². The van der Waals surface area contributed by atoms with Crippen LogP contribution in [0.1, 0.15) is 5.56 Å². The highest BCUT2D eigenvalue weighted by Gasteiger charge is 2.25. The van der Waals surface area contributed by atoms with Gasteiger partial charge in [-0.15, -0.1) is 0 Å². The van der Waals surface area contributed by atoms with Gasteiger partial charge in [0.05, 0.1) is 0 Å². The quantitative estimate of drug-likeness (QED) is 0.652. The summed E-state index contributed by atoms with van der Waals surface area (Å²) in [6.45, 7) is 6.59. The first-order valence-electron chi connectivity index (χ1n) is 8.96. The van der Waals surface area contributed by atoms with Crippen molar-refractivity contribution < 1.29 is 19.6 Å². The molecule has 1 heterocycles. The van der Waals surface area contributed by atoms with E-state index < -0.39 is 6.10 Å². The molecule has 25 heavy (non-hydrogen) atoms. The summed E-state index contributed by atoms with van der Waals surface area (Å²) in [5.41, 5.74) is 1.33. The number of nitrogens with one attached hydrogen (secondary N) is 2. The van der Waals surface area contributed by atoms with Gasteiger partial charge in [-0.3, -0.25) is 0 Å². The molecule has 0 unspecified atom stereocenters. The number of para-hydroxylation sites is 1. The van der Waals surface area contributed by atoms with Crippen LogP contribution in [-0.4, -0.2) is 50.5 Å². The van der Waals surface area contributed by atoms with E-state index in [1.165, 1.54) is 10.5 Å². The number of halogens is 1. The largest absolute Gasteiger partial charge is 0.491 e. The topological polar surface area (TPSA) is 38.3 Å². The molecule has 0 aliphatic carbocycles. The summed E-state index contributed by atoms with van der Waals surface area (Å²) in [6.07, 6.45) is -0.423. The monoisotopic (exact) mass is 362 g/mol. The molecule has 1 fully saturated rings. The minimum absolute atomic E-state index is 0.356. The fraction of sp³-hybridized carbons (Fsp3) is 0.400. The predicted molar refractivity (Wildman–Crippen MR) is 99.4 cm³/mol. The molecule has 1 aliphatic rings. The summed E-state index contributed by atoms with van der Waals surface area (Å²) >= 11 is 5.94. The first-order valence-corrected chi connectivity index (χ1v) is 9.34. The van der Waals surface area contributed by atoms with Crippen LogP contribution in [0.4, 0.5) is 0 Å². The molecule has 0 saturated carbocycles. The molecule has 5 heteroatoms. The van der Waals surface area contributed by atoms with E-state index in [-0.39, 0.29) is 0 Å². The van der Waals surface area contributed by atoms with Gasteiger partial charge in [0.2, 0.25) is 0 Å². The second kappa shape index (κ2) is 9.20. The Hall–Kier alpha value is -1.59. The molecule has 3 rings (SSSR count).